The molecule has 104 heavy (non-hydrogen) atoms. The van der Waals surface area contributed by atoms with Gasteiger partial charge >= 0.3 is 0 Å². The Hall–Kier alpha value is -10.7. The maximum Gasteiger partial charge on any atom is 0.128 e. The third kappa shape index (κ3) is 9.49. The van der Waals surface area contributed by atoms with Crippen molar-refractivity contribution in [1.29, 1.82) is 0 Å². The van der Waals surface area contributed by atoms with Crippen LogP contribution in [0.2, 0.25) is 0 Å². The summed E-state index contributed by atoms with van der Waals surface area (Å²) in [7, 11) is 7.25. The molecule has 0 aromatic heterocycles. The second-order valence-electron chi connectivity index (χ2n) is 29.8. The highest BCUT2D eigenvalue weighted by Gasteiger charge is 2.55. The lowest BCUT2D eigenvalue weighted by Crippen LogP contribution is -2.35. The van der Waals surface area contributed by atoms with Gasteiger partial charge in [-0.25, -0.2) is 0 Å². The molecular formula is C98H86O6. The molecule has 8 bridgehead atoms. The topological polar surface area (TPSA) is 55.4 Å². The smallest absolute Gasteiger partial charge is 0.128 e. The van der Waals surface area contributed by atoms with Crippen molar-refractivity contribution in [3.05, 3.63) is 350 Å². The van der Waals surface area contributed by atoms with E-state index in [9.17, 15) is 0 Å². The lowest BCUT2D eigenvalue weighted by Gasteiger charge is -2.49. The number of ether oxygens (including phenoxy) is 6. The summed E-state index contributed by atoms with van der Waals surface area (Å²) in [5.41, 5.74) is 34.0. The lowest BCUT2D eigenvalue weighted by molar-refractivity contribution is 0.294. The van der Waals surface area contributed by atoms with Crippen molar-refractivity contribution >= 4 is 0 Å². The molecule has 514 valence electrons. The van der Waals surface area contributed by atoms with Crippen molar-refractivity contribution in [2.45, 2.75) is 138 Å². The van der Waals surface area contributed by atoms with E-state index in [-0.39, 0.29) is 47.3 Å². The van der Waals surface area contributed by atoms with Crippen LogP contribution in [-0.2, 0) is 0 Å². The Bertz CT molecular complexity index is 5040. The van der Waals surface area contributed by atoms with Gasteiger partial charge in [0.05, 0.1) is 41.7 Å². The first-order valence-corrected chi connectivity index (χ1v) is 38.4. The molecule has 11 aromatic carbocycles. The quantitative estimate of drug-likeness (QED) is 0.0560. The molecule has 0 fully saturated rings. The maximum atomic E-state index is 7.72. The Morgan fingerprint density at radius 2 is 0.452 bits per heavy atom. The Morgan fingerprint density at radius 3 is 0.731 bits per heavy atom. The van der Waals surface area contributed by atoms with Gasteiger partial charge in [-0.2, -0.15) is 0 Å². The van der Waals surface area contributed by atoms with E-state index < -0.39 is 0 Å². The van der Waals surface area contributed by atoms with Gasteiger partial charge in [-0.15, -0.1) is 0 Å². The van der Waals surface area contributed by atoms with Crippen molar-refractivity contribution < 1.29 is 28.4 Å². The number of unbranched alkanes of at least 4 members (excludes halogenated alkanes) is 10. The third-order valence-corrected chi connectivity index (χ3v) is 24.7. The summed E-state index contributed by atoms with van der Waals surface area (Å²) in [5, 5.41) is 0. The zero-order valence-corrected chi connectivity index (χ0v) is 60.4. The SMILES string of the molecule is CCCCCCCCOc1c2c(c(C#Cc3ccccc3C#Cc3c4c(c(OCCCCCCCC)c5c3[C@H]3c6ccccc6[C@@H]5c5c(OC)ccc(OC)c53)C3c5ccccc5C4c4ccccc43)c3c1[C@@H]1c4ccccc4[C@H]3c3c(OC)ccc(OC)c31)C1c3ccccc3C2c2ccccc21. The van der Waals surface area contributed by atoms with Gasteiger partial charge in [-0.3, -0.25) is 0 Å². The molecule has 0 heterocycles. The van der Waals surface area contributed by atoms with Gasteiger partial charge in [0.15, 0.2) is 0 Å². The molecule has 23 rings (SSSR count). The summed E-state index contributed by atoms with van der Waals surface area (Å²) >= 11 is 0. The summed E-state index contributed by atoms with van der Waals surface area (Å²) < 4.78 is 41.5. The van der Waals surface area contributed by atoms with Crippen LogP contribution >= 0.6 is 0 Å². The number of rotatable bonds is 20. The van der Waals surface area contributed by atoms with Gasteiger partial charge in [-0.1, -0.05) is 259 Å². The van der Waals surface area contributed by atoms with Gasteiger partial charge in [0.2, 0.25) is 0 Å². The minimum absolute atomic E-state index is 0.0815. The minimum Gasteiger partial charge on any atom is -0.496 e. The molecule has 0 spiro atoms. The number of hydrogen-bond donors (Lipinski definition) is 0. The van der Waals surface area contributed by atoms with Gasteiger partial charge in [0.1, 0.15) is 34.5 Å². The van der Waals surface area contributed by atoms with Crippen molar-refractivity contribution in [2.75, 3.05) is 41.7 Å². The van der Waals surface area contributed by atoms with Crippen molar-refractivity contribution in [1.82, 2.24) is 0 Å². The molecule has 0 N–H and O–H groups in total. The molecule has 0 unspecified atom stereocenters. The van der Waals surface area contributed by atoms with Gasteiger partial charge < -0.3 is 28.4 Å². The molecule has 0 amide bonds. The molecule has 4 atom stereocenters. The average Bonchev–Trinajstić information content (AvgIpc) is 0.670. The summed E-state index contributed by atoms with van der Waals surface area (Å²) in [6.45, 7) is 5.82. The van der Waals surface area contributed by atoms with Crippen LogP contribution in [0.4, 0.5) is 0 Å². The van der Waals surface area contributed by atoms with E-state index in [0.717, 1.165) is 105 Å². The molecule has 0 saturated carbocycles. The second-order valence-corrected chi connectivity index (χ2v) is 29.8. The molecule has 6 nitrogen and oxygen atoms in total. The zero-order valence-electron chi connectivity index (χ0n) is 60.4. The fourth-order valence-electron chi connectivity index (χ4n) is 20.7. The van der Waals surface area contributed by atoms with Crippen LogP contribution in [-0.4, -0.2) is 41.7 Å². The molecule has 0 saturated heterocycles. The van der Waals surface area contributed by atoms with Crippen LogP contribution in [0.25, 0.3) is 0 Å². The van der Waals surface area contributed by atoms with Crippen molar-refractivity contribution in [2.24, 2.45) is 0 Å². The predicted octanol–water partition coefficient (Wildman–Crippen LogP) is 21.9. The van der Waals surface area contributed by atoms with E-state index in [2.05, 4.69) is 232 Å². The van der Waals surface area contributed by atoms with Crippen LogP contribution in [0.5, 0.6) is 34.5 Å². The zero-order chi connectivity index (χ0) is 69.8. The van der Waals surface area contributed by atoms with Crippen LogP contribution in [0.1, 0.15) is 294 Å². The van der Waals surface area contributed by atoms with Crippen molar-refractivity contribution in [3.8, 4) is 58.2 Å². The van der Waals surface area contributed by atoms with E-state index in [4.69, 9.17) is 28.4 Å². The monoisotopic (exact) mass is 1360 g/mol. The lowest BCUT2D eigenvalue weighted by atomic mass is 9.54. The highest BCUT2D eigenvalue weighted by atomic mass is 16.5. The van der Waals surface area contributed by atoms with Gasteiger partial charge in [0, 0.05) is 114 Å². The van der Waals surface area contributed by atoms with Crippen molar-refractivity contribution in [3.63, 3.8) is 0 Å². The third-order valence-electron chi connectivity index (χ3n) is 24.7. The van der Waals surface area contributed by atoms with Crippen LogP contribution in [0, 0.1) is 23.7 Å². The first-order chi connectivity index (χ1) is 51.5. The molecule has 12 aliphatic rings. The van der Waals surface area contributed by atoms with Crippen LogP contribution < -0.4 is 28.4 Å². The average molecular weight is 1360 g/mol. The standard InChI is InChI=1S/C98H86O6/c1-7-9-11-13-15-31-55-103-97-93-79-63-39-23-19-35-59(63)77(60-36-20-24-40-64(60)79)85(93)71(87-81-67-43-27-29-45-69(67)83(95(87)97)91-75(101-5)53-51-73(99-3)89(81)91)49-47-57-33-17-18-34-58(57)48-50-72-86-78-61-37-21-25-41-65(61)80(66-42-26-22-38-62(66)78)94(86)98(104-56-32-16-14-12-10-8-2)96-84-70-46-30-28-44-68(70)82(88(72)96)90-74(100-4)52-54-76(102-6)92(84)90/h17-30,33-46,51-54,77-84H,7-16,31-32,55-56H2,1-6H3/t77?,78?,79?,80?,81-,82-,83-,84-/m1/s1. The maximum absolute atomic E-state index is 7.72. The molecule has 0 radical (unpaired) electrons. The van der Waals surface area contributed by atoms with Crippen LogP contribution in [0.3, 0.4) is 0 Å². The van der Waals surface area contributed by atoms with E-state index in [0.29, 0.717) is 13.2 Å². The first-order valence-electron chi connectivity index (χ1n) is 38.4. The summed E-state index contributed by atoms with van der Waals surface area (Å²) in [4.78, 5) is 0. The molecule has 0 aliphatic heterocycles. The highest BCUT2D eigenvalue weighted by molar-refractivity contribution is 5.87. The molecular weight excluding hydrogens is 1270 g/mol. The van der Waals surface area contributed by atoms with Gasteiger partial charge in [-0.05, 0) is 138 Å². The fraction of sp³-hybridized carbons (Fsp3) is 0.286. The van der Waals surface area contributed by atoms with E-state index in [1.54, 1.807) is 0 Å². The minimum atomic E-state index is -0.247. The summed E-state index contributed by atoms with van der Waals surface area (Å²) in [6, 6.07) is 72.1. The normalized spacial score (nSPS) is 19.1. The molecule has 12 aliphatic carbocycles. The Labute approximate surface area is 612 Å². The van der Waals surface area contributed by atoms with E-state index >= 15 is 0 Å². The van der Waals surface area contributed by atoms with Crippen LogP contribution in [0.15, 0.2) is 194 Å². The summed E-state index contributed by atoms with van der Waals surface area (Å²) in [5.74, 6) is 20.6. The Morgan fingerprint density at radius 1 is 0.231 bits per heavy atom. The number of hydrogen-bond acceptors (Lipinski definition) is 6. The Balaban J connectivity index is 0.864. The van der Waals surface area contributed by atoms with Gasteiger partial charge in [0.25, 0.3) is 0 Å². The summed E-state index contributed by atoms with van der Waals surface area (Å²) in [6.07, 6.45) is 14.0. The largest absolute Gasteiger partial charge is 0.496 e. The molecule has 11 aromatic rings. The van der Waals surface area contributed by atoms with E-state index in [1.165, 1.54) is 163 Å². The predicted molar refractivity (Wildman–Crippen MR) is 414 cm³/mol. The number of methoxy groups -OCH3 is 4. The Kier molecular flexibility index (Phi) is 16.2. The first kappa shape index (κ1) is 64.2. The highest BCUT2D eigenvalue weighted by Crippen LogP contribution is 2.70. The molecule has 6 heteroatoms. The van der Waals surface area contributed by atoms with E-state index in [1.807, 2.05) is 28.4 Å². The second kappa shape index (κ2) is 26.2. The number of benzene rings is 11. The fourth-order valence-corrected chi connectivity index (χ4v) is 20.7.